The van der Waals surface area contributed by atoms with Gasteiger partial charge in [0.15, 0.2) is 0 Å². The molecule has 0 spiro atoms. The molecule has 0 unspecified atom stereocenters. The predicted octanol–water partition coefficient (Wildman–Crippen LogP) is 2.10. The number of sulfonamides is 1. The second-order valence-electron chi connectivity index (χ2n) is 5.71. The van der Waals surface area contributed by atoms with Gasteiger partial charge in [0, 0.05) is 45.1 Å². The van der Waals surface area contributed by atoms with E-state index in [1.165, 1.54) is 11.8 Å². The fourth-order valence-electron chi connectivity index (χ4n) is 2.70. The van der Waals surface area contributed by atoms with Crippen molar-refractivity contribution in [2.45, 2.75) is 4.90 Å². The van der Waals surface area contributed by atoms with E-state index in [1.54, 1.807) is 22.6 Å². The highest BCUT2D eigenvalue weighted by molar-refractivity contribution is 7.89. The number of hydrogen-bond acceptors (Lipinski definition) is 4. The molecule has 0 saturated carbocycles. The third-order valence-corrected chi connectivity index (χ3v) is 5.96. The number of aromatic nitrogens is 1. The zero-order valence-electron chi connectivity index (χ0n) is 13.5. The molecule has 0 amide bonds. The van der Waals surface area contributed by atoms with Gasteiger partial charge in [-0.05, 0) is 17.7 Å². The van der Waals surface area contributed by atoms with Crippen LogP contribution in [-0.2, 0) is 10.0 Å². The van der Waals surface area contributed by atoms with Crippen LogP contribution >= 0.6 is 0 Å². The molecule has 1 saturated heterocycles. The van der Waals surface area contributed by atoms with E-state index in [4.69, 9.17) is 0 Å². The second-order valence-corrected chi connectivity index (χ2v) is 7.64. The van der Waals surface area contributed by atoms with Crippen molar-refractivity contribution < 1.29 is 8.42 Å². The molecule has 0 aliphatic carbocycles. The minimum atomic E-state index is -3.42. The molecule has 126 valence electrons. The molecule has 0 radical (unpaired) electrons. The smallest absolute Gasteiger partial charge is 0.244 e. The van der Waals surface area contributed by atoms with E-state index in [0.717, 1.165) is 19.6 Å². The Labute approximate surface area is 143 Å². The van der Waals surface area contributed by atoms with Crippen LogP contribution in [0.1, 0.15) is 5.56 Å². The highest BCUT2D eigenvalue weighted by atomic mass is 32.2. The van der Waals surface area contributed by atoms with E-state index in [0.29, 0.717) is 13.1 Å². The lowest BCUT2D eigenvalue weighted by Crippen LogP contribution is -2.48. The summed E-state index contributed by atoms with van der Waals surface area (Å²) in [5.41, 5.74) is 1.18. The minimum Gasteiger partial charge on any atom is -0.297 e. The van der Waals surface area contributed by atoms with Crippen molar-refractivity contribution in [2.24, 2.45) is 0 Å². The first-order valence-electron chi connectivity index (χ1n) is 8.00. The molecule has 0 N–H and O–H groups in total. The van der Waals surface area contributed by atoms with Crippen molar-refractivity contribution in [3.05, 3.63) is 66.5 Å². The monoisotopic (exact) mass is 343 g/mol. The molecule has 0 atom stereocenters. The SMILES string of the molecule is O=S(=O)(c1cccnc1)N1CCN(CC=Cc2ccccc2)CC1. The number of rotatable bonds is 5. The summed E-state index contributed by atoms with van der Waals surface area (Å²) in [7, 11) is -3.42. The molecule has 0 bridgehead atoms. The maximum Gasteiger partial charge on any atom is 0.244 e. The van der Waals surface area contributed by atoms with Crippen LogP contribution in [0, 0.1) is 0 Å². The van der Waals surface area contributed by atoms with Gasteiger partial charge in [-0.1, -0.05) is 42.5 Å². The second kappa shape index (κ2) is 7.70. The largest absolute Gasteiger partial charge is 0.297 e. The third kappa shape index (κ3) is 4.08. The fraction of sp³-hybridized carbons (Fsp3) is 0.278. The van der Waals surface area contributed by atoms with E-state index in [1.807, 2.05) is 18.2 Å². The molecule has 24 heavy (non-hydrogen) atoms. The van der Waals surface area contributed by atoms with Gasteiger partial charge in [0.25, 0.3) is 0 Å². The summed E-state index contributed by atoms with van der Waals surface area (Å²) in [6.45, 7) is 3.32. The van der Waals surface area contributed by atoms with Crippen molar-refractivity contribution in [1.29, 1.82) is 0 Å². The normalized spacial score (nSPS) is 17.3. The summed E-state index contributed by atoms with van der Waals surface area (Å²) < 4.78 is 26.6. The molecule has 2 heterocycles. The number of nitrogens with zero attached hydrogens (tertiary/aromatic N) is 3. The summed E-state index contributed by atoms with van der Waals surface area (Å²) in [6, 6.07) is 13.4. The van der Waals surface area contributed by atoms with Crippen LogP contribution in [0.15, 0.2) is 65.8 Å². The van der Waals surface area contributed by atoms with Gasteiger partial charge < -0.3 is 0 Å². The average Bonchev–Trinajstić information content (AvgIpc) is 2.64. The van der Waals surface area contributed by atoms with Crippen LogP contribution in [0.2, 0.25) is 0 Å². The van der Waals surface area contributed by atoms with Gasteiger partial charge >= 0.3 is 0 Å². The van der Waals surface area contributed by atoms with Crippen molar-refractivity contribution in [1.82, 2.24) is 14.2 Å². The Balaban J connectivity index is 1.53. The summed E-state index contributed by atoms with van der Waals surface area (Å²) >= 11 is 0. The quantitative estimate of drug-likeness (QED) is 0.834. The first-order chi connectivity index (χ1) is 11.7. The maximum absolute atomic E-state index is 12.5. The number of pyridine rings is 1. The van der Waals surface area contributed by atoms with Crippen molar-refractivity contribution in [3.63, 3.8) is 0 Å². The fourth-order valence-corrected chi connectivity index (χ4v) is 4.09. The van der Waals surface area contributed by atoms with E-state index in [9.17, 15) is 8.42 Å². The Morgan fingerprint density at radius 3 is 2.42 bits per heavy atom. The lowest BCUT2D eigenvalue weighted by molar-refractivity contribution is 0.204. The lowest BCUT2D eigenvalue weighted by atomic mass is 10.2. The van der Waals surface area contributed by atoms with Crippen LogP contribution < -0.4 is 0 Å². The Bertz CT molecular complexity index is 768. The van der Waals surface area contributed by atoms with Gasteiger partial charge in [-0.3, -0.25) is 9.88 Å². The van der Waals surface area contributed by atoms with Crippen LogP contribution in [-0.4, -0.2) is 55.3 Å². The molecule has 1 aromatic heterocycles. The molecule has 5 nitrogen and oxygen atoms in total. The molecular weight excluding hydrogens is 322 g/mol. The Morgan fingerprint density at radius 2 is 1.75 bits per heavy atom. The standard InChI is InChI=1S/C18H21N3O2S/c22-24(23,18-9-4-10-19-16-18)21-14-12-20(13-15-21)11-5-8-17-6-2-1-3-7-17/h1-10,16H,11-15H2. The molecule has 1 fully saturated rings. The summed E-state index contributed by atoms with van der Waals surface area (Å²) in [4.78, 5) is 6.43. The highest BCUT2D eigenvalue weighted by Gasteiger charge is 2.28. The van der Waals surface area contributed by atoms with Crippen LogP contribution in [0.4, 0.5) is 0 Å². The minimum absolute atomic E-state index is 0.266. The van der Waals surface area contributed by atoms with E-state index < -0.39 is 10.0 Å². The van der Waals surface area contributed by atoms with E-state index in [-0.39, 0.29) is 4.90 Å². The topological polar surface area (TPSA) is 53.5 Å². The lowest BCUT2D eigenvalue weighted by Gasteiger charge is -2.33. The van der Waals surface area contributed by atoms with E-state index in [2.05, 4.69) is 34.2 Å². The molecule has 1 aliphatic rings. The summed E-state index contributed by atoms with van der Waals surface area (Å²) in [6.07, 6.45) is 7.21. The molecule has 2 aromatic rings. The molecule has 1 aromatic carbocycles. The zero-order valence-corrected chi connectivity index (χ0v) is 14.3. The Morgan fingerprint density at radius 1 is 1.00 bits per heavy atom. The number of benzene rings is 1. The average molecular weight is 343 g/mol. The zero-order chi connectivity index (χ0) is 16.8. The number of piperazine rings is 1. The van der Waals surface area contributed by atoms with Gasteiger partial charge in [0.2, 0.25) is 10.0 Å². The first-order valence-corrected chi connectivity index (χ1v) is 9.44. The van der Waals surface area contributed by atoms with E-state index >= 15 is 0 Å². The maximum atomic E-state index is 12.5. The van der Waals surface area contributed by atoms with Crippen LogP contribution in [0.5, 0.6) is 0 Å². The van der Waals surface area contributed by atoms with Gasteiger partial charge in [-0.15, -0.1) is 0 Å². The van der Waals surface area contributed by atoms with Crippen molar-refractivity contribution in [3.8, 4) is 0 Å². The predicted molar refractivity (Wildman–Crippen MR) is 94.9 cm³/mol. The van der Waals surface area contributed by atoms with Gasteiger partial charge in [-0.2, -0.15) is 4.31 Å². The third-order valence-electron chi connectivity index (χ3n) is 4.08. The van der Waals surface area contributed by atoms with Gasteiger partial charge in [-0.25, -0.2) is 8.42 Å². The summed E-state index contributed by atoms with van der Waals surface area (Å²) in [5, 5.41) is 0. The van der Waals surface area contributed by atoms with Crippen molar-refractivity contribution in [2.75, 3.05) is 32.7 Å². The summed E-state index contributed by atoms with van der Waals surface area (Å²) in [5.74, 6) is 0. The molecule has 6 heteroatoms. The van der Waals surface area contributed by atoms with Gasteiger partial charge in [0.05, 0.1) is 0 Å². The molecule has 1 aliphatic heterocycles. The van der Waals surface area contributed by atoms with Gasteiger partial charge in [0.1, 0.15) is 4.90 Å². The molecule has 3 rings (SSSR count). The van der Waals surface area contributed by atoms with Crippen LogP contribution in [0.25, 0.3) is 6.08 Å². The first kappa shape index (κ1) is 16.8. The molecular formula is C18H21N3O2S. The number of hydrogen-bond donors (Lipinski definition) is 0. The Hall–Kier alpha value is -2.02. The highest BCUT2D eigenvalue weighted by Crippen LogP contribution is 2.16. The Kier molecular flexibility index (Phi) is 5.40. The van der Waals surface area contributed by atoms with Crippen molar-refractivity contribution >= 4 is 16.1 Å². The van der Waals surface area contributed by atoms with Crippen LogP contribution in [0.3, 0.4) is 0 Å².